The largest absolute Gasteiger partial charge is 0.383 e. The molecule has 4 aromatic carbocycles. The fraction of sp³-hybridized carbons (Fsp3) is 0.167. The van der Waals surface area contributed by atoms with Gasteiger partial charge in [-0.05, 0) is 55.1 Å². The van der Waals surface area contributed by atoms with Crippen molar-refractivity contribution in [3.8, 4) is 0 Å². The number of aryl methyl sites for hydroxylation is 1. The van der Waals surface area contributed by atoms with E-state index in [1.54, 1.807) is 0 Å². The van der Waals surface area contributed by atoms with E-state index in [1.165, 1.54) is 44.1 Å². The minimum Gasteiger partial charge on any atom is -0.383 e. The van der Waals surface area contributed by atoms with E-state index in [-0.39, 0.29) is 0 Å². The summed E-state index contributed by atoms with van der Waals surface area (Å²) in [6.07, 6.45) is 2.04. The molecule has 0 aliphatic heterocycles. The summed E-state index contributed by atoms with van der Waals surface area (Å²) >= 11 is 6.08. The normalized spacial score (nSPS) is 11.6. The Morgan fingerprint density at radius 2 is 1.68 bits per heavy atom. The third-order valence-corrected chi connectivity index (χ3v) is 6.60. The van der Waals surface area contributed by atoms with Gasteiger partial charge >= 0.3 is 0 Å². The number of hydrogen-bond donors (Lipinski definition) is 1. The molecule has 0 aliphatic carbocycles. The average molecular weight is 466 g/mol. The first-order valence-electron chi connectivity index (χ1n) is 11.7. The molecule has 0 amide bonds. The number of halogens is 1. The van der Waals surface area contributed by atoms with Crippen molar-refractivity contribution in [3.63, 3.8) is 0 Å². The fourth-order valence-electron chi connectivity index (χ4n) is 4.55. The van der Waals surface area contributed by atoms with Gasteiger partial charge in [0.25, 0.3) is 0 Å². The molecule has 0 spiro atoms. The molecule has 0 unspecified atom stereocenters. The second-order valence-electron chi connectivity index (χ2n) is 8.72. The summed E-state index contributed by atoms with van der Waals surface area (Å²) in [5.41, 5.74) is 7.28. The highest BCUT2D eigenvalue weighted by molar-refractivity contribution is 6.30. The van der Waals surface area contributed by atoms with Crippen LogP contribution in [-0.4, -0.2) is 23.9 Å². The Bertz CT molecular complexity index is 1470. The number of aliphatic imine (C=N–C) groups is 1. The van der Waals surface area contributed by atoms with Crippen molar-refractivity contribution in [1.29, 1.82) is 0 Å². The van der Waals surface area contributed by atoms with Crippen LogP contribution in [0.1, 0.15) is 22.4 Å². The molecule has 0 fully saturated rings. The van der Waals surface area contributed by atoms with E-state index in [1.807, 2.05) is 18.3 Å². The summed E-state index contributed by atoms with van der Waals surface area (Å²) in [5, 5.41) is 8.04. The maximum Gasteiger partial charge on any atom is 0.0562 e. The molecule has 0 atom stereocenters. The number of rotatable bonds is 7. The number of fused-ring (bicyclic) bond motifs is 2. The lowest BCUT2D eigenvalue weighted by Crippen LogP contribution is -2.05. The highest BCUT2D eigenvalue weighted by Crippen LogP contribution is 2.27. The van der Waals surface area contributed by atoms with Gasteiger partial charge in [0.2, 0.25) is 0 Å². The van der Waals surface area contributed by atoms with Crippen LogP contribution in [0.15, 0.2) is 89.9 Å². The molecule has 4 heteroatoms. The highest BCUT2D eigenvalue weighted by Gasteiger charge is 2.13. The summed E-state index contributed by atoms with van der Waals surface area (Å²) in [4.78, 5) is 4.79. The second kappa shape index (κ2) is 9.74. The Labute approximate surface area is 205 Å². The van der Waals surface area contributed by atoms with Crippen molar-refractivity contribution in [2.75, 3.05) is 18.4 Å². The van der Waals surface area contributed by atoms with Crippen molar-refractivity contribution >= 4 is 45.2 Å². The molecule has 1 heterocycles. The molecule has 1 aromatic heterocycles. The molecule has 0 bridgehead atoms. The summed E-state index contributed by atoms with van der Waals surface area (Å²) in [7, 11) is 0. The van der Waals surface area contributed by atoms with Crippen LogP contribution in [0.2, 0.25) is 5.02 Å². The molecule has 34 heavy (non-hydrogen) atoms. The van der Waals surface area contributed by atoms with E-state index < -0.39 is 0 Å². The molecule has 0 radical (unpaired) electrons. The molecule has 170 valence electrons. The minimum atomic E-state index is 0.707. The summed E-state index contributed by atoms with van der Waals surface area (Å²) in [6, 6.07) is 29.6. The molecular weight excluding hydrogens is 438 g/mol. The van der Waals surface area contributed by atoms with Crippen molar-refractivity contribution in [2.24, 2.45) is 4.99 Å². The monoisotopic (exact) mass is 465 g/mol. The van der Waals surface area contributed by atoms with Crippen LogP contribution in [0, 0.1) is 13.8 Å². The molecule has 0 saturated heterocycles. The highest BCUT2D eigenvalue weighted by atomic mass is 35.5. The molecule has 0 saturated carbocycles. The zero-order valence-electron chi connectivity index (χ0n) is 19.6. The van der Waals surface area contributed by atoms with Crippen LogP contribution in [-0.2, 0) is 6.54 Å². The van der Waals surface area contributed by atoms with Crippen LogP contribution >= 0.6 is 11.6 Å². The first-order chi connectivity index (χ1) is 16.6. The Balaban J connectivity index is 1.36. The van der Waals surface area contributed by atoms with E-state index >= 15 is 0 Å². The molecule has 5 aromatic rings. The Hall–Kier alpha value is -3.56. The van der Waals surface area contributed by atoms with Gasteiger partial charge in [-0.25, -0.2) is 0 Å². The molecule has 3 nitrogen and oxygen atoms in total. The van der Waals surface area contributed by atoms with Crippen LogP contribution in [0.4, 0.5) is 5.69 Å². The van der Waals surface area contributed by atoms with Gasteiger partial charge in [-0.2, -0.15) is 0 Å². The van der Waals surface area contributed by atoms with Crippen LogP contribution in [0.3, 0.4) is 0 Å². The zero-order chi connectivity index (χ0) is 23.5. The predicted octanol–water partition coefficient (Wildman–Crippen LogP) is 7.64. The maximum atomic E-state index is 6.08. The van der Waals surface area contributed by atoms with Crippen molar-refractivity contribution in [1.82, 2.24) is 4.57 Å². The lowest BCUT2D eigenvalue weighted by atomic mass is 10.1. The van der Waals surface area contributed by atoms with Gasteiger partial charge in [-0.15, -0.1) is 0 Å². The standard InChI is InChI=1S/C30H28ClN3/c1-21-10-15-30-27(18-21)28(22(2)34(30)20-23-11-13-25(31)14-12-23)19-32-16-17-33-29-9-5-7-24-6-3-4-8-26(24)29/h3-15,18-19,33H,16-17,20H2,1-2H3. The number of aromatic nitrogens is 1. The number of nitrogens with zero attached hydrogens (tertiary/aromatic N) is 2. The summed E-state index contributed by atoms with van der Waals surface area (Å²) < 4.78 is 2.37. The SMILES string of the molecule is Cc1ccc2c(c1)c(C=NCCNc1cccc3ccccc13)c(C)n2Cc1ccc(Cl)cc1. The van der Waals surface area contributed by atoms with Gasteiger partial charge in [-0.1, -0.05) is 71.8 Å². The first-order valence-corrected chi connectivity index (χ1v) is 12.0. The van der Waals surface area contributed by atoms with Crippen LogP contribution < -0.4 is 5.32 Å². The first kappa shape index (κ1) is 22.2. The molecular formula is C30H28ClN3. The second-order valence-corrected chi connectivity index (χ2v) is 9.16. The van der Waals surface area contributed by atoms with Gasteiger partial charge in [-0.3, -0.25) is 4.99 Å². The average Bonchev–Trinajstić information content (AvgIpc) is 3.10. The van der Waals surface area contributed by atoms with Gasteiger partial charge in [0.05, 0.1) is 6.54 Å². The number of hydrogen-bond acceptors (Lipinski definition) is 2. The van der Waals surface area contributed by atoms with Gasteiger partial charge in [0, 0.05) is 57.6 Å². The minimum absolute atomic E-state index is 0.707. The van der Waals surface area contributed by atoms with Crippen molar-refractivity contribution < 1.29 is 0 Å². The number of anilines is 1. The summed E-state index contributed by atoms with van der Waals surface area (Å²) in [6.45, 7) is 6.62. The van der Waals surface area contributed by atoms with Crippen molar-refractivity contribution in [2.45, 2.75) is 20.4 Å². The van der Waals surface area contributed by atoms with Crippen LogP contribution in [0.5, 0.6) is 0 Å². The lowest BCUT2D eigenvalue weighted by Gasteiger charge is -2.09. The topological polar surface area (TPSA) is 29.3 Å². The smallest absolute Gasteiger partial charge is 0.0562 e. The van der Waals surface area contributed by atoms with E-state index in [4.69, 9.17) is 16.6 Å². The van der Waals surface area contributed by atoms with Gasteiger partial charge in [0.1, 0.15) is 0 Å². The van der Waals surface area contributed by atoms with E-state index in [0.29, 0.717) is 6.54 Å². The van der Waals surface area contributed by atoms with Gasteiger partial charge in [0.15, 0.2) is 0 Å². The summed E-state index contributed by atoms with van der Waals surface area (Å²) in [5.74, 6) is 0. The third-order valence-electron chi connectivity index (χ3n) is 6.35. The molecule has 0 aliphatic rings. The Morgan fingerprint density at radius 1 is 0.882 bits per heavy atom. The Morgan fingerprint density at radius 3 is 2.53 bits per heavy atom. The van der Waals surface area contributed by atoms with E-state index in [2.05, 4.69) is 96.5 Å². The van der Waals surface area contributed by atoms with E-state index in [9.17, 15) is 0 Å². The predicted molar refractivity (Wildman–Crippen MR) is 147 cm³/mol. The van der Waals surface area contributed by atoms with Gasteiger partial charge < -0.3 is 9.88 Å². The number of benzene rings is 4. The maximum absolute atomic E-state index is 6.08. The zero-order valence-corrected chi connectivity index (χ0v) is 20.3. The Kier molecular flexibility index (Phi) is 6.37. The fourth-order valence-corrected chi connectivity index (χ4v) is 4.68. The molecule has 1 N–H and O–H groups in total. The molecule has 5 rings (SSSR count). The number of nitrogens with one attached hydrogen (secondary N) is 1. The quantitative estimate of drug-likeness (QED) is 0.194. The third kappa shape index (κ3) is 4.57. The van der Waals surface area contributed by atoms with Crippen LogP contribution in [0.25, 0.3) is 21.7 Å². The lowest BCUT2D eigenvalue weighted by molar-refractivity contribution is 0.804. The van der Waals surface area contributed by atoms with E-state index in [0.717, 1.165) is 23.8 Å². The van der Waals surface area contributed by atoms with Crippen molar-refractivity contribution in [3.05, 3.63) is 112 Å².